The zero-order chi connectivity index (χ0) is 16.1. The summed E-state index contributed by atoms with van der Waals surface area (Å²) in [6, 6.07) is 9.09. The Morgan fingerprint density at radius 2 is 1.73 bits per heavy atom. The van der Waals surface area contributed by atoms with Crippen LogP contribution >= 0.6 is 0 Å². The van der Waals surface area contributed by atoms with Crippen molar-refractivity contribution < 1.29 is 18.3 Å². The molecule has 0 unspecified atom stereocenters. The van der Waals surface area contributed by atoms with E-state index in [1.807, 2.05) is 31.2 Å². The molecule has 2 amide bonds. The van der Waals surface area contributed by atoms with Crippen molar-refractivity contribution in [3.63, 3.8) is 0 Å². The third-order valence-corrected chi connectivity index (χ3v) is 3.03. The van der Waals surface area contributed by atoms with Crippen LogP contribution in [0.15, 0.2) is 36.4 Å². The highest BCUT2D eigenvalue weighted by Crippen LogP contribution is 2.25. The molecule has 6 heteroatoms. The van der Waals surface area contributed by atoms with Crippen LogP contribution in [0, 0.1) is 18.6 Å². The molecule has 0 spiro atoms. The fourth-order valence-corrected chi connectivity index (χ4v) is 1.89. The second kappa shape index (κ2) is 6.89. The highest BCUT2D eigenvalue weighted by molar-refractivity contribution is 5.89. The number of rotatable bonds is 4. The molecule has 2 rings (SSSR count). The second-order valence-electron chi connectivity index (χ2n) is 4.77. The fourth-order valence-electron chi connectivity index (χ4n) is 1.89. The van der Waals surface area contributed by atoms with Crippen LogP contribution in [-0.4, -0.2) is 13.1 Å². The van der Waals surface area contributed by atoms with Gasteiger partial charge in [-0.3, -0.25) is 0 Å². The zero-order valence-electron chi connectivity index (χ0n) is 12.2. The van der Waals surface area contributed by atoms with Crippen LogP contribution in [0.5, 0.6) is 5.75 Å². The van der Waals surface area contributed by atoms with Gasteiger partial charge in [-0.15, -0.1) is 0 Å². The van der Waals surface area contributed by atoms with E-state index in [1.165, 1.54) is 7.11 Å². The van der Waals surface area contributed by atoms with Gasteiger partial charge in [-0.2, -0.15) is 0 Å². The van der Waals surface area contributed by atoms with Crippen molar-refractivity contribution in [1.82, 2.24) is 5.32 Å². The number of methoxy groups -OCH3 is 1. The number of amides is 2. The third kappa shape index (κ3) is 3.94. The number of benzene rings is 2. The van der Waals surface area contributed by atoms with E-state index in [9.17, 15) is 13.6 Å². The Hall–Kier alpha value is -2.63. The van der Waals surface area contributed by atoms with Crippen LogP contribution in [0.25, 0.3) is 0 Å². The molecule has 2 aromatic carbocycles. The van der Waals surface area contributed by atoms with Gasteiger partial charge >= 0.3 is 6.03 Å². The van der Waals surface area contributed by atoms with E-state index in [2.05, 4.69) is 15.4 Å². The molecule has 0 aliphatic heterocycles. The van der Waals surface area contributed by atoms with Crippen LogP contribution in [0.3, 0.4) is 0 Å². The number of aryl methyl sites for hydroxylation is 1. The summed E-state index contributed by atoms with van der Waals surface area (Å²) in [7, 11) is 1.17. The van der Waals surface area contributed by atoms with Crippen LogP contribution in [0.1, 0.15) is 11.1 Å². The zero-order valence-corrected chi connectivity index (χ0v) is 12.2. The lowest BCUT2D eigenvalue weighted by molar-refractivity contribution is 0.251. The Balaban J connectivity index is 1.96. The number of hydrogen-bond acceptors (Lipinski definition) is 2. The van der Waals surface area contributed by atoms with Crippen molar-refractivity contribution in [3.05, 3.63) is 59.2 Å². The van der Waals surface area contributed by atoms with Crippen LogP contribution in [0.2, 0.25) is 0 Å². The van der Waals surface area contributed by atoms with Gasteiger partial charge in [0.2, 0.25) is 0 Å². The number of carbonyl (C=O) groups excluding carboxylic acids is 1. The van der Waals surface area contributed by atoms with Crippen molar-refractivity contribution >= 4 is 11.7 Å². The third-order valence-electron chi connectivity index (χ3n) is 3.03. The number of hydrogen-bond donors (Lipinski definition) is 2. The molecule has 0 heterocycles. The summed E-state index contributed by atoms with van der Waals surface area (Å²) in [6.07, 6.45) is 0. The molecule has 0 fully saturated rings. The molecular weight excluding hydrogens is 290 g/mol. The van der Waals surface area contributed by atoms with Crippen molar-refractivity contribution in [2.75, 3.05) is 12.4 Å². The minimum Gasteiger partial charge on any atom is -0.491 e. The van der Waals surface area contributed by atoms with Crippen molar-refractivity contribution in [1.29, 1.82) is 0 Å². The smallest absolute Gasteiger partial charge is 0.319 e. The van der Waals surface area contributed by atoms with E-state index in [-0.39, 0.29) is 5.69 Å². The summed E-state index contributed by atoms with van der Waals surface area (Å²) in [5, 5.41) is 4.98. The van der Waals surface area contributed by atoms with Gasteiger partial charge in [-0.05, 0) is 12.5 Å². The van der Waals surface area contributed by atoms with E-state index in [1.54, 1.807) is 0 Å². The van der Waals surface area contributed by atoms with Crippen molar-refractivity contribution in [2.45, 2.75) is 13.5 Å². The normalized spacial score (nSPS) is 10.2. The molecule has 0 saturated heterocycles. The van der Waals surface area contributed by atoms with Crippen LogP contribution < -0.4 is 15.4 Å². The average Bonchev–Trinajstić information content (AvgIpc) is 2.46. The van der Waals surface area contributed by atoms with Gasteiger partial charge in [0.1, 0.15) is 0 Å². The lowest BCUT2D eigenvalue weighted by atomic mass is 10.1. The van der Waals surface area contributed by atoms with Gasteiger partial charge in [0.25, 0.3) is 0 Å². The molecule has 0 atom stereocenters. The molecule has 116 valence electrons. The predicted octanol–water partition coefficient (Wildman–Crippen LogP) is 3.60. The highest BCUT2D eigenvalue weighted by atomic mass is 19.1. The SMILES string of the molecule is COc1c(F)cc(NC(=O)NCc2ccc(C)cc2)cc1F. The molecule has 22 heavy (non-hydrogen) atoms. The Labute approximate surface area is 127 Å². The first kappa shape index (κ1) is 15.8. The molecule has 4 nitrogen and oxygen atoms in total. The maximum absolute atomic E-state index is 13.5. The Morgan fingerprint density at radius 3 is 2.27 bits per heavy atom. The van der Waals surface area contributed by atoms with E-state index in [4.69, 9.17) is 0 Å². The Bertz CT molecular complexity index is 649. The fraction of sp³-hybridized carbons (Fsp3) is 0.188. The summed E-state index contributed by atoms with van der Waals surface area (Å²) in [4.78, 5) is 11.7. The summed E-state index contributed by atoms with van der Waals surface area (Å²) >= 11 is 0. The van der Waals surface area contributed by atoms with Gasteiger partial charge in [0.15, 0.2) is 17.4 Å². The lowest BCUT2D eigenvalue weighted by Gasteiger charge is -2.10. The van der Waals surface area contributed by atoms with E-state index in [0.29, 0.717) is 6.54 Å². The summed E-state index contributed by atoms with van der Waals surface area (Å²) in [6.45, 7) is 2.28. The maximum atomic E-state index is 13.5. The lowest BCUT2D eigenvalue weighted by Crippen LogP contribution is -2.28. The number of ether oxygens (including phenoxy) is 1. The largest absolute Gasteiger partial charge is 0.491 e. The first-order chi connectivity index (χ1) is 10.5. The number of anilines is 1. The van der Waals surface area contributed by atoms with Gasteiger partial charge < -0.3 is 15.4 Å². The van der Waals surface area contributed by atoms with E-state index < -0.39 is 23.4 Å². The quantitative estimate of drug-likeness (QED) is 0.906. The van der Waals surface area contributed by atoms with Crippen molar-refractivity contribution in [2.24, 2.45) is 0 Å². The number of carbonyl (C=O) groups is 1. The molecule has 0 saturated carbocycles. The van der Waals surface area contributed by atoms with E-state index >= 15 is 0 Å². The maximum Gasteiger partial charge on any atom is 0.319 e. The minimum absolute atomic E-state index is 0.0113. The highest BCUT2D eigenvalue weighted by Gasteiger charge is 2.12. The van der Waals surface area contributed by atoms with Crippen LogP contribution in [-0.2, 0) is 6.54 Å². The molecule has 0 aliphatic carbocycles. The monoisotopic (exact) mass is 306 g/mol. The minimum atomic E-state index is -0.878. The Morgan fingerprint density at radius 1 is 1.14 bits per heavy atom. The first-order valence-electron chi connectivity index (χ1n) is 6.63. The van der Waals surface area contributed by atoms with Crippen molar-refractivity contribution in [3.8, 4) is 5.75 Å². The molecule has 0 aliphatic rings. The Kier molecular flexibility index (Phi) is 4.93. The molecule has 0 aromatic heterocycles. The van der Waals surface area contributed by atoms with Gasteiger partial charge in [0, 0.05) is 24.4 Å². The average molecular weight is 306 g/mol. The number of nitrogens with one attached hydrogen (secondary N) is 2. The number of urea groups is 1. The topological polar surface area (TPSA) is 50.4 Å². The van der Waals surface area contributed by atoms with Gasteiger partial charge in [-0.25, -0.2) is 13.6 Å². The molecule has 0 bridgehead atoms. The summed E-state index contributed by atoms with van der Waals surface area (Å²) in [5.74, 6) is -2.24. The predicted molar refractivity (Wildman–Crippen MR) is 79.9 cm³/mol. The number of halogens is 2. The van der Waals surface area contributed by atoms with Gasteiger partial charge in [0.05, 0.1) is 7.11 Å². The first-order valence-corrected chi connectivity index (χ1v) is 6.63. The standard InChI is InChI=1S/C16H16F2N2O2/c1-10-3-5-11(6-4-10)9-19-16(21)20-12-7-13(17)15(22-2)14(18)8-12/h3-8H,9H2,1-2H3,(H2,19,20,21). The molecular formula is C16H16F2N2O2. The molecule has 0 radical (unpaired) electrons. The molecule has 2 N–H and O–H groups in total. The molecule has 2 aromatic rings. The van der Waals surface area contributed by atoms with Gasteiger partial charge in [-0.1, -0.05) is 29.8 Å². The summed E-state index contributed by atoms with van der Waals surface area (Å²) in [5.41, 5.74) is 2.06. The van der Waals surface area contributed by atoms with E-state index in [0.717, 1.165) is 23.3 Å². The second-order valence-corrected chi connectivity index (χ2v) is 4.77. The van der Waals surface area contributed by atoms with Crippen LogP contribution in [0.4, 0.5) is 19.3 Å². The summed E-state index contributed by atoms with van der Waals surface area (Å²) < 4.78 is 31.6.